The van der Waals surface area contributed by atoms with Gasteiger partial charge in [-0.15, -0.1) is 0 Å². The van der Waals surface area contributed by atoms with Crippen molar-refractivity contribution in [1.29, 1.82) is 0 Å². The van der Waals surface area contributed by atoms with Gasteiger partial charge in [-0.2, -0.15) is 4.31 Å². The predicted molar refractivity (Wildman–Crippen MR) is 128 cm³/mol. The van der Waals surface area contributed by atoms with E-state index in [2.05, 4.69) is 0 Å². The van der Waals surface area contributed by atoms with Crippen molar-refractivity contribution < 1.29 is 32.2 Å². The van der Waals surface area contributed by atoms with Crippen molar-refractivity contribution in [2.24, 2.45) is 0 Å². The molecule has 10 heteroatoms. The number of methoxy groups -OCH3 is 2. The summed E-state index contributed by atoms with van der Waals surface area (Å²) in [5.74, 6) is -1.02. The predicted octanol–water partition coefficient (Wildman–Crippen LogP) is 3.39. The average molecular weight is 495 g/mol. The number of ketones is 1. The molecule has 1 aromatic carbocycles. The molecule has 0 saturated carbocycles. The first kappa shape index (κ1) is 27.6. The highest BCUT2D eigenvalue weighted by Gasteiger charge is 2.27. The second kappa shape index (κ2) is 11.6. The van der Waals surface area contributed by atoms with E-state index in [1.165, 1.54) is 29.6 Å². The molecule has 2 aromatic rings. The lowest BCUT2D eigenvalue weighted by molar-refractivity contribution is 0.0474. The number of sulfonamides is 1. The van der Waals surface area contributed by atoms with Crippen molar-refractivity contribution in [2.75, 3.05) is 40.5 Å². The standard InChI is InChI=1S/C24H34N2O7S/c1-8-25(9-2)34(29,30)23-13-19(10-11-22(23)32-7)24(28)33-15-21(27)20-12-16(3)26(18(20)5)17(4)14-31-6/h10-13,17H,8-9,14-15H2,1-7H3. The Morgan fingerprint density at radius 1 is 1.09 bits per heavy atom. The van der Waals surface area contributed by atoms with Crippen LogP contribution in [0.3, 0.4) is 0 Å². The number of aromatic nitrogens is 1. The highest BCUT2D eigenvalue weighted by molar-refractivity contribution is 7.89. The average Bonchev–Trinajstić information content (AvgIpc) is 3.11. The molecule has 1 heterocycles. The Bertz CT molecular complexity index is 1130. The fraction of sp³-hybridized carbons (Fsp3) is 0.500. The van der Waals surface area contributed by atoms with E-state index >= 15 is 0 Å². The van der Waals surface area contributed by atoms with Crippen molar-refractivity contribution in [3.8, 4) is 5.75 Å². The summed E-state index contributed by atoms with van der Waals surface area (Å²) >= 11 is 0. The number of hydrogen-bond donors (Lipinski definition) is 0. The third-order valence-electron chi connectivity index (χ3n) is 5.69. The van der Waals surface area contributed by atoms with Gasteiger partial charge >= 0.3 is 5.97 Å². The molecule has 0 amide bonds. The van der Waals surface area contributed by atoms with Gasteiger partial charge in [0.05, 0.1) is 25.3 Å². The molecule has 0 spiro atoms. The maximum absolute atomic E-state index is 13.0. The lowest BCUT2D eigenvalue weighted by atomic mass is 10.1. The number of nitrogens with zero attached hydrogens (tertiary/aromatic N) is 2. The first-order valence-electron chi connectivity index (χ1n) is 11.1. The summed E-state index contributed by atoms with van der Waals surface area (Å²) < 4.78 is 44.9. The molecule has 1 unspecified atom stereocenters. The quantitative estimate of drug-likeness (QED) is 0.329. The van der Waals surface area contributed by atoms with Crippen LogP contribution in [-0.4, -0.2) is 69.6 Å². The van der Waals surface area contributed by atoms with Gasteiger partial charge in [0.25, 0.3) is 0 Å². The third-order valence-corrected chi connectivity index (χ3v) is 7.76. The Balaban J connectivity index is 2.24. The fourth-order valence-corrected chi connectivity index (χ4v) is 5.69. The number of hydrogen-bond acceptors (Lipinski definition) is 7. The van der Waals surface area contributed by atoms with Gasteiger partial charge in [0.2, 0.25) is 15.8 Å². The molecule has 188 valence electrons. The fourth-order valence-electron chi connectivity index (χ4n) is 4.05. The first-order valence-corrected chi connectivity index (χ1v) is 12.5. The van der Waals surface area contributed by atoms with Crippen LogP contribution < -0.4 is 4.74 Å². The molecular formula is C24H34N2O7S. The summed E-state index contributed by atoms with van der Waals surface area (Å²) in [4.78, 5) is 25.3. The van der Waals surface area contributed by atoms with Gasteiger partial charge in [0.1, 0.15) is 10.6 Å². The Morgan fingerprint density at radius 2 is 1.74 bits per heavy atom. The molecule has 34 heavy (non-hydrogen) atoms. The lowest BCUT2D eigenvalue weighted by Gasteiger charge is -2.20. The third kappa shape index (κ3) is 5.68. The second-order valence-corrected chi connectivity index (χ2v) is 9.82. The smallest absolute Gasteiger partial charge is 0.338 e. The molecular weight excluding hydrogens is 460 g/mol. The molecule has 0 bridgehead atoms. The van der Waals surface area contributed by atoms with Crippen molar-refractivity contribution >= 4 is 21.8 Å². The monoisotopic (exact) mass is 494 g/mol. The highest BCUT2D eigenvalue weighted by Crippen LogP contribution is 2.28. The molecule has 2 rings (SSSR count). The van der Waals surface area contributed by atoms with Crippen LogP contribution in [0.4, 0.5) is 0 Å². The summed E-state index contributed by atoms with van der Waals surface area (Å²) in [6.45, 7) is 9.75. The molecule has 0 radical (unpaired) electrons. The molecule has 0 aliphatic heterocycles. The van der Waals surface area contributed by atoms with E-state index in [9.17, 15) is 18.0 Å². The normalized spacial score (nSPS) is 12.6. The molecule has 0 aliphatic rings. The van der Waals surface area contributed by atoms with E-state index in [1.54, 1.807) is 27.0 Å². The molecule has 0 aliphatic carbocycles. The van der Waals surface area contributed by atoms with Crippen LogP contribution in [0.1, 0.15) is 58.9 Å². The Hall–Kier alpha value is -2.69. The zero-order valence-electron chi connectivity index (χ0n) is 20.9. The van der Waals surface area contributed by atoms with Crippen LogP contribution in [0.25, 0.3) is 0 Å². The number of carbonyl (C=O) groups excluding carboxylic acids is 2. The minimum Gasteiger partial charge on any atom is -0.495 e. The molecule has 1 atom stereocenters. The molecule has 0 N–H and O–H groups in total. The topological polar surface area (TPSA) is 104 Å². The molecule has 1 aromatic heterocycles. The van der Waals surface area contributed by atoms with Gasteiger partial charge in [-0.3, -0.25) is 4.79 Å². The Kier molecular flexibility index (Phi) is 9.43. The van der Waals surface area contributed by atoms with Gasteiger partial charge in [0, 0.05) is 37.2 Å². The molecule has 0 saturated heterocycles. The van der Waals surface area contributed by atoms with Gasteiger partial charge in [-0.25, -0.2) is 13.2 Å². The zero-order chi connectivity index (χ0) is 25.6. The largest absolute Gasteiger partial charge is 0.495 e. The van der Waals surface area contributed by atoms with Crippen molar-refractivity contribution in [1.82, 2.24) is 8.87 Å². The van der Waals surface area contributed by atoms with E-state index in [4.69, 9.17) is 14.2 Å². The Labute approximate surface area is 201 Å². The lowest BCUT2D eigenvalue weighted by Crippen LogP contribution is -2.31. The summed E-state index contributed by atoms with van der Waals surface area (Å²) in [5, 5.41) is 0. The maximum atomic E-state index is 13.0. The van der Waals surface area contributed by atoms with Crippen molar-refractivity contribution in [3.63, 3.8) is 0 Å². The second-order valence-electron chi connectivity index (χ2n) is 7.91. The number of benzene rings is 1. The SMILES string of the molecule is CCN(CC)S(=O)(=O)c1cc(C(=O)OCC(=O)c2cc(C)n(C(C)COC)c2C)ccc1OC. The van der Waals surface area contributed by atoms with Crippen LogP contribution in [0, 0.1) is 13.8 Å². The first-order chi connectivity index (χ1) is 16.0. The van der Waals surface area contributed by atoms with E-state index in [1.807, 2.05) is 25.3 Å². The Morgan fingerprint density at radius 3 is 2.29 bits per heavy atom. The number of esters is 1. The van der Waals surface area contributed by atoms with Crippen molar-refractivity contribution in [3.05, 3.63) is 46.8 Å². The van der Waals surface area contributed by atoms with E-state index in [-0.39, 0.29) is 41.1 Å². The van der Waals surface area contributed by atoms with E-state index < -0.39 is 22.6 Å². The van der Waals surface area contributed by atoms with Gasteiger partial charge < -0.3 is 18.8 Å². The van der Waals surface area contributed by atoms with Crippen LogP contribution in [0.5, 0.6) is 5.75 Å². The summed E-state index contributed by atoms with van der Waals surface area (Å²) in [5.41, 5.74) is 2.14. The summed E-state index contributed by atoms with van der Waals surface area (Å²) in [6, 6.07) is 5.84. The number of ether oxygens (including phenoxy) is 3. The van der Waals surface area contributed by atoms with Crippen LogP contribution in [0.15, 0.2) is 29.2 Å². The van der Waals surface area contributed by atoms with E-state index in [0.717, 1.165) is 11.4 Å². The number of rotatable bonds is 12. The van der Waals surface area contributed by atoms with Crippen LogP contribution in [-0.2, 0) is 19.5 Å². The number of aryl methyl sites for hydroxylation is 1. The summed E-state index contributed by atoms with van der Waals surface area (Å²) in [6.07, 6.45) is 0. The number of Topliss-reactive ketones (excluding diaryl/α,β-unsaturated/α-hetero) is 1. The van der Waals surface area contributed by atoms with Crippen LogP contribution in [0.2, 0.25) is 0 Å². The minimum absolute atomic E-state index is 0.0125. The minimum atomic E-state index is -3.87. The number of carbonyl (C=O) groups is 2. The molecule has 9 nitrogen and oxygen atoms in total. The highest BCUT2D eigenvalue weighted by atomic mass is 32.2. The summed E-state index contributed by atoms with van der Waals surface area (Å²) in [7, 11) is -0.897. The zero-order valence-corrected chi connectivity index (χ0v) is 21.7. The van der Waals surface area contributed by atoms with Gasteiger partial charge in [-0.1, -0.05) is 13.8 Å². The maximum Gasteiger partial charge on any atom is 0.338 e. The van der Waals surface area contributed by atoms with Crippen molar-refractivity contribution in [2.45, 2.75) is 45.6 Å². The van der Waals surface area contributed by atoms with Crippen LogP contribution >= 0.6 is 0 Å². The molecule has 0 fully saturated rings. The van der Waals surface area contributed by atoms with E-state index in [0.29, 0.717) is 12.2 Å². The van der Waals surface area contributed by atoms with Gasteiger partial charge in [-0.05, 0) is 45.0 Å². The van der Waals surface area contributed by atoms with Gasteiger partial charge in [0.15, 0.2) is 6.61 Å².